The van der Waals surface area contributed by atoms with E-state index in [4.69, 9.17) is 4.74 Å². The van der Waals surface area contributed by atoms with Crippen LogP contribution in [0, 0.1) is 11.8 Å². The number of phenols is 1. The second-order valence-electron chi connectivity index (χ2n) is 7.03. The van der Waals surface area contributed by atoms with Gasteiger partial charge in [0.2, 0.25) is 17.4 Å². The lowest BCUT2D eigenvalue weighted by molar-refractivity contribution is -0.734. The molecule has 0 saturated carbocycles. The van der Waals surface area contributed by atoms with E-state index in [1.165, 1.54) is 7.05 Å². The van der Waals surface area contributed by atoms with E-state index in [0.29, 0.717) is 12.2 Å². The van der Waals surface area contributed by atoms with E-state index in [9.17, 15) is 19.5 Å². The Hall–Kier alpha value is -2.06. The van der Waals surface area contributed by atoms with E-state index in [0.717, 1.165) is 10.5 Å². The quantitative estimate of drug-likeness (QED) is 0.533. The fourth-order valence-corrected chi connectivity index (χ4v) is 4.88. The van der Waals surface area contributed by atoms with Crippen LogP contribution < -0.4 is 5.32 Å². The van der Waals surface area contributed by atoms with Crippen LogP contribution in [-0.2, 0) is 19.1 Å². The average Bonchev–Trinajstić information content (AvgIpc) is 3.11. The highest BCUT2D eigenvalue weighted by atomic mass is 32.2. The molecule has 2 aliphatic rings. The largest absolute Gasteiger partial charge is 0.508 e. The molecule has 3 rings (SSSR count). The Morgan fingerprint density at radius 1 is 1.30 bits per heavy atom. The lowest BCUT2D eigenvalue weighted by Crippen LogP contribution is -2.98. The van der Waals surface area contributed by atoms with Gasteiger partial charge in [0.1, 0.15) is 23.6 Å². The van der Waals surface area contributed by atoms with Gasteiger partial charge in [-0.15, -0.1) is 0 Å². The minimum Gasteiger partial charge on any atom is -0.508 e. The maximum atomic E-state index is 13.0. The number of nitrogens with zero attached hydrogens (tertiary/aromatic N) is 1. The van der Waals surface area contributed by atoms with Gasteiger partial charge in [0.05, 0.1) is 6.61 Å². The Balaban J connectivity index is 2.10. The van der Waals surface area contributed by atoms with Gasteiger partial charge in [0, 0.05) is 19.0 Å². The van der Waals surface area contributed by atoms with Crippen molar-refractivity contribution in [2.24, 2.45) is 11.8 Å². The van der Waals surface area contributed by atoms with Crippen LogP contribution in [0.25, 0.3) is 0 Å². The topological polar surface area (TPSA) is 101 Å². The van der Waals surface area contributed by atoms with Crippen molar-refractivity contribution in [2.45, 2.75) is 24.9 Å². The van der Waals surface area contributed by atoms with Crippen LogP contribution in [0.3, 0.4) is 0 Å². The van der Waals surface area contributed by atoms with Crippen molar-refractivity contribution >= 4 is 29.5 Å². The summed E-state index contributed by atoms with van der Waals surface area (Å²) in [5, 5.41) is 11.4. The van der Waals surface area contributed by atoms with E-state index in [1.54, 1.807) is 43.0 Å². The number of hydrogen-bond donors (Lipinski definition) is 2. The van der Waals surface area contributed by atoms with Crippen LogP contribution in [0.2, 0.25) is 0 Å². The van der Waals surface area contributed by atoms with Gasteiger partial charge in [0.25, 0.3) is 0 Å². The molecule has 1 aromatic carbocycles. The number of rotatable bonds is 6. The van der Waals surface area contributed by atoms with Crippen molar-refractivity contribution in [1.82, 2.24) is 4.90 Å². The predicted octanol–water partition coefficient (Wildman–Crippen LogP) is 0.296. The van der Waals surface area contributed by atoms with Crippen molar-refractivity contribution in [3.05, 3.63) is 29.8 Å². The lowest BCUT2D eigenvalue weighted by Gasteiger charge is -2.29. The Kier molecular flexibility index (Phi) is 5.48. The Bertz CT molecular complexity index is 753. The average molecular weight is 393 g/mol. The molecule has 2 amide bonds. The number of nitrogens with two attached hydrogens (primary N) is 1. The van der Waals surface area contributed by atoms with E-state index in [-0.39, 0.29) is 30.2 Å². The molecule has 2 saturated heterocycles. The van der Waals surface area contributed by atoms with Gasteiger partial charge in [0.15, 0.2) is 0 Å². The SMILES string of the molecule is CCOC(=O)[C@]1(CCSC)[NH2+][C@@H](c2ccc(O)cc2)[C@H]2C(=O)N(C)C(=O)[C@H]21. The molecule has 2 aliphatic heterocycles. The molecule has 146 valence electrons. The molecule has 3 N–H and O–H groups in total. The molecule has 8 heteroatoms. The number of carbonyl (C=O) groups excluding carboxylic acids is 3. The molecule has 0 unspecified atom stereocenters. The first-order valence-corrected chi connectivity index (χ1v) is 10.4. The number of aromatic hydroxyl groups is 1. The number of phenolic OH excluding ortho intramolecular Hbond substituents is 1. The molecule has 7 nitrogen and oxygen atoms in total. The van der Waals surface area contributed by atoms with Gasteiger partial charge < -0.3 is 15.2 Å². The zero-order chi connectivity index (χ0) is 19.8. The number of amides is 2. The number of esters is 1. The van der Waals surface area contributed by atoms with E-state index in [2.05, 4.69) is 0 Å². The van der Waals surface area contributed by atoms with Crippen LogP contribution in [0.15, 0.2) is 24.3 Å². The van der Waals surface area contributed by atoms with Crippen LogP contribution in [0.4, 0.5) is 0 Å². The standard InChI is InChI=1S/C19H24N2O5S/c1-4-26-18(25)19(9-10-27-3)14-13(16(23)21(2)17(14)24)15(20-19)11-5-7-12(22)8-6-11/h5-8,13-15,20,22H,4,9-10H2,1-3H3/p+1/t13-,14-,15-,19+/m0/s1. The summed E-state index contributed by atoms with van der Waals surface area (Å²) in [4.78, 5) is 40.0. The predicted molar refractivity (Wildman–Crippen MR) is 99.9 cm³/mol. The summed E-state index contributed by atoms with van der Waals surface area (Å²) in [6, 6.07) is 6.19. The van der Waals surface area contributed by atoms with E-state index >= 15 is 0 Å². The number of quaternary nitrogens is 1. The zero-order valence-corrected chi connectivity index (χ0v) is 16.5. The Morgan fingerprint density at radius 2 is 1.96 bits per heavy atom. The van der Waals surface area contributed by atoms with Gasteiger partial charge in [-0.3, -0.25) is 14.5 Å². The number of thioether (sulfide) groups is 1. The zero-order valence-electron chi connectivity index (χ0n) is 15.7. The molecule has 0 spiro atoms. The van der Waals surface area contributed by atoms with Crippen molar-refractivity contribution < 1.29 is 29.5 Å². The molecular formula is C19H25N2O5S+. The number of ether oxygens (including phenoxy) is 1. The number of hydrogen-bond acceptors (Lipinski definition) is 6. The third kappa shape index (κ3) is 3.10. The Morgan fingerprint density at radius 3 is 2.56 bits per heavy atom. The third-order valence-electron chi connectivity index (χ3n) is 5.64. The summed E-state index contributed by atoms with van der Waals surface area (Å²) in [5.41, 5.74) is -0.321. The maximum Gasteiger partial charge on any atom is 0.368 e. The molecule has 0 aromatic heterocycles. The highest BCUT2D eigenvalue weighted by Crippen LogP contribution is 2.45. The summed E-state index contributed by atoms with van der Waals surface area (Å²) in [5.74, 6) is -1.61. The number of fused-ring (bicyclic) bond motifs is 1. The van der Waals surface area contributed by atoms with Crippen LogP contribution in [0.5, 0.6) is 5.75 Å². The summed E-state index contributed by atoms with van der Waals surface area (Å²) in [6.07, 6.45) is 2.38. The second kappa shape index (κ2) is 7.52. The molecular weight excluding hydrogens is 368 g/mol. The molecule has 1 aromatic rings. The van der Waals surface area contributed by atoms with Crippen LogP contribution in [-0.4, -0.2) is 59.0 Å². The van der Waals surface area contributed by atoms with Gasteiger partial charge in [-0.1, -0.05) is 0 Å². The number of carbonyl (C=O) groups is 3. The summed E-state index contributed by atoms with van der Waals surface area (Å²) < 4.78 is 5.36. The minimum atomic E-state index is -1.12. The number of benzene rings is 1. The summed E-state index contributed by atoms with van der Waals surface area (Å²) in [6.45, 7) is 1.95. The van der Waals surface area contributed by atoms with Crippen molar-refractivity contribution in [1.29, 1.82) is 0 Å². The van der Waals surface area contributed by atoms with Crippen LogP contribution in [0.1, 0.15) is 24.9 Å². The van der Waals surface area contributed by atoms with Gasteiger partial charge in [-0.05, 0) is 43.2 Å². The number of imide groups is 1. The van der Waals surface area contributed by atoms with Gasteiger partial charge in [-0.2, -0.15) is 11.8 Å². The molecule has 0 aliphatic carbocycles. The van der Waals surface area contributed by atoms with Gasteiger partial charge in [-0.25, -0.2) is 4.79 Å². The fraction of sp³-hybridized carbons (Fsp3) is 0.526. The maximum absolute atomic E-state index is 13.0. The van der Waals surface area contributed by atoms with Crippen LogP contribution >= 0.6 is 11.8 Å². The first kappa shape index (κ1) is 19.7. The van der Waals surface area contributed by atoms with E-state index < -0.39 is 23.3 Å². The van der Waals surface area contributed by atoms with Crippen molar-refractivity contribution in [3.8, 4) is 5.75 Å². The normalized spacial score (nSPS) is 29.9. The molecule has 0 bridgehead atoms. The summed E-state index contributed by atoms with van der Waals surface area (Å²) >= 11 is 1.59. The number of likely N-dealkylation sites (tertiary alicyclic amines) is 1. The first-order valence-electron chi connectivity index (χ1n) is 9.00. The fourth-order valence-electron chi connectivity index (χ4n) is 4.34. The van der Waals surface area contributed by atoms with Crippen molar-refractivity contribution in [2.75, 3.05) is 25.7 Å². The lowest BCUT2D eigenvalue weighted by atomic mass is 9.78. The molecule has 2 fully saturated rings. The first-order chi connectivity index (χ1) is 12.9. The molecule has 0 radical (unpaired) electrons. The second-order valence-corrected chi connectivity index (χ2v) is 8.01. The van der Waals surface area contributed by atoms with E-state index in [1.807, 2.05) is 11.6 Å². The third-order valence-corrected chi connectivity index (χ3v) is 6.26. The monoisotopic (exact) mass is 393 g/mol. The summed E-state index contributed by atoms with van der Waals surface area (Å²) in [7, 11) is 1.47. The van der Waals surface area contributed by atoms with Crippen molar-refractivity contribution in [3.63, 3.8) is 0 Å². The minimum absolute atomic E-state index is 0.123. The highest BCUT2D eigenvalue weighted by Gasteiger charge is 2.71. The molecule has 2 heterocycles. The molecule has 4 atom stereocenters. The highest BCUT2D eigenvalue weighted by molar-refractivity contribution is 7.98. The van der Waals surface area contributed by atoms with Gasteiger partial charge >= 0.3 is 5.97 Å². The smallest absolute Gasteiger partial charge is 0.368 e. The Labute approximate surface area is 162 Å². The molecule has 27 heavy (non-hydrogen) atoms.